The number of carbonyl (C=O) groups excluding carboxylic acids is 5. The van der Waals surface area contributed by atoms with Crippen LogP contribution in [0.25, 0.3) is 0 Å². The summed E-state index contributed by atoms with van der Waals surface area (Å²) in [7, 11) is 2.87. The van der Waals surface area contributed by atoms with Crippen LogP contribution in [0.4, 0.5) is 4.79 Å². The summed E-state index contributed by atoms with van der Waals surface area (Å²) in [6.07, 6.45) is 3.28. The van der Waals surface area contributed by atoms with Crippen LogP contribution in [0.5, 0.6) is 0 Å². The summed E-state index contributed by atoms with van der Waals surface area (Å²) < 4.78 is 16.5. The zero-order valence-corrected chi connectivity index (χ0v) is 25.8. The van der Waals surface area contributed by atoms with Crippen LogP contribution in [0, 0.1) is 11.8 Å². The van der Waals surface area contributed by atoms with Crippen LogP contribution in [-0.2, 0) is 33.4 Å². The quantitative estimate of drug-likeness (QED) is 0.271. The fourth-order valence-corrected chi connectivity index (χ4v) is 4.95. The number of nitrogens with one attached hydrogen (secondary N) is 2. The first-order chi connectivity index (χ1) is 20.2. The lowest BCUT2D eigenvalue weighted by Gasteiger charge is -2.30. The molecule has 0 aromatic heterocycles. The highest BCUT2D eigenvalue weighted by atomic mass is 16.6. The summed E-state index contributed by atoms with van der Waals surface area (Å²) in [5.74, 6) is -3.06. The van der Waals surface area contributed by atoms with Crippen LogP contribution < -0.4 is 16.4 Å². The van der Waals surface area contributed by atoms with Gasteiger partial charge in [0.2, 0.25) is 17.5 Å². The number of ether oxygens (including phenoxy) is 3. The van der Waals surface area contributed by atoms with Gasteiger partial charge in [0.15, 0.2) is 6.10 Å². The molecule has 1 heterocycles. The van der Waals surface area contributed by atoms with Crippen molar-refractivity contribution in [1.82, 2.24) is 10.6 Å². The van der Waals surface area contributed by atoms with Gasteiger partial charge in [-0.05, 0) is 38.2 Å². The molecule has 0 radical (unpaired) electrons. The van der Waals surface area contributed by atoms with E-state index in [-0.39, 0.29) is 47.7 Å². The minimum Gasteiger partial charge on any atom is -0.439 e. The van der Waals surface area contributed by atoms with Crippen molar-refractivity contribution in [2.24, 2.45) is 17.6 Å². The second-order valence-corrected chi connectivity index (χ2v) is 10.8. The van der Waals surface area contributed by atoms with Crippen LogP contribution in [-0.4, -0.2) is 73.2 Å². The topological polar surface area (TPSA) is 183 Å². The van der Waals surface area contributed by atoms with E-state index in [9.17, 15) is 29.1 Å². The highest BCUT2D eigenvalue weighted by Crippen LogP contribution is 2.29. The van der Waals surface area contributed by atoms with Gasteiger partial charge in [-0.1, -0.05) is 45.1 Å². The predicted molar refractivity (Wildman–Crippen MR) is 158 cm³/mol. The molecule has 0 aromatic carbocycles. The van der Waals surface area contributed by atoms with Gasteiger partial charge < -0.3 is 35.7 Å². The van der Waals surface area contributed by atoms with E-state index >= 15 is 0 Å². The van der Waals surface area contributed by atoms with E-state index in [0.29, 0.717) is 5.57 Å². The fourth-order valence-electron chi connectivity index (χ4n) is 4.95. The number of primary amides is 1. The first-order valence-corrected chi connectivity index (χ1v) is 14.1. The van der Waals surface area contributed by atoms with E-state index in [1.54, 1.807) is 32.9 Å². The van der Waals surface area contributed by atoms with Gasteiger partial charge in [-0.25, -0.2) is 4.79 Å². The molecule has 12 heteroatoms. The number of amides is 3. The lowest BCUT2D eigenvalue weighted by Crippen LogP contribution is -2.38. The van der Waals surface area contributed by atoms with Crippen molar-refractivity contribution in [3.8, 4) is 0 Å². The molecule has 5 N–H and O–H groups in total. The summed E-state index contributed by atoms with van der Waals surface area (Å²) in [5.41, 5.74) is 5.80. The van der Waals surface area contributed by atoms with E-state index in [1.165, 1.54) is 33.3 Å². The number of methoxy groups -OCH3 is 2. The maximum absolute atomic E-state index is 13.6. The maximum Gasteiger partial charge on any atom is 0.405 e. The molecule has 43 heavy (non-hydrogen) atoms. The lowest BCUT2D eigenvalue weighted by atomic mass is 9.85. The van der Waals surface area contributed by atoms with E-state index in [1.807, 2.05) is 6.92 Å². The number of nitrogens with two attached hydrogens (primary N) is 1. The van der Waals surface area contributed by atoms with Gasteiger partial charge in [-0.3, -0.25) is 19.2 Å². The second-order valence-electron chi connectivity index (χ2n) is 10.8. The SMILES string of the molecule is CCC(=O)NC1=C2CC(C)CC(OC)C(O)C(C)/C=C(\C)C(OC(N)=O)C(OC)/C=C\C=C(/C)C(=O)NC(=CC1=O)C2=O. The zero-order valence-electron chi connectivity index (χ0n) is 25.8. The molecule has 236 valence electrons. The predicted octanol–water partition coefficient (Wildman–Crippen LogP) is 2.29. The minimum absolute atomic E-state index is 0.0547. The van der Waals surface area contributed by atoms with E-state index < -0.39 is 59.8 Å². The van der Waals surface area contributed by atoms with Gasteiger partial charge in [0.05, 0.1) is 23.6 Å². The van der Waals surface area contributed by atoms with Gasteiger partial charge in [-0.15, -0.1) is 0 Å². The van der Waals surface area contributed by atoms with Crippen LogP contribution >= 0.6 is 0 Å². The molecule has 1 aliphatic carbocycles. The average molecular weight is 602 g/mol. The van der Waals surface area contributed by atoms with Crippen molar-refractivity contribution in [2.75, 3.05) is 14.2 Å². The van der Waals surface area contributed by atoms with Gasteiger partial charge in [0.1, 0.15) is 6.10 Å². The van der Waals surface area contributed by atoms with E-state index in [4.69, 9.17) is 19.9 Å². The Bertz CT molecular complexity index is 1260. The molecule has 12 nitrogen and oxygen atoms in total. The number of aliphatic hydroxyl groups excluding tert-OH is 1. The number of hydrogen-bond acceptors (Lipinski definition) is 9. The van der Waals surface area contributed by atoms with Gasteiger partial charge >= 0.3 is 6.09 Å². The summed E-state index contributed by atoms with van der Waals surface area (Å²) in [6.45, 7) is 8.45. The van der Waals surface area contributed by atoms with Crippen molar-refractivity contribution < 1.29 is 43.3 Å². The lowest BCUT2D eigenvalue weighted by molar-refractivity contribution is -0.122. The number of ketones is 2. The molecule has 6 unspecified atom stereocenters. The zero-order chi connectivity index (χ0) is 32.4. The monoisotopic (exact) mass is 601 g/mol. The molecule has 2 bridgehead atoms. The van der Waals surface area contributed by atoms with Crippen LogP contribution in [0.2, 0.25) is 0 Å². The van der Waals surface area contributed by atoms with Gasteiger partial charge in [0, 0.05) is 43.8 Å². The maximum atomic E-state index is 13.6. The number of aliphatic hydroxyl groups is 1. The van der Waals surface area contributed by atoms with E-state index in [0.717, 1.165) is 6.08 Å². The molecule has 2 rings (SSSR count). The van der Waals surface area contributed by atoms with Gasteiger partial charge in [0.25, 0.3) is 5.91 Å². The summed E-state index contributed by atoms with van der Waals surface area (Å²) in [5, 5.41) is 16.3. The molecule has 3 amide bonds. The molecule has 0 aromatic rings. The largest absolute Gasteiger partial charge is 0.439 e. The summed E-state index contributed by atoms with van der Waals surface area (Å²) in [4.78, 5) is 63.5. The average Bonchev–Trinajstić information content (AvgIpc) is 2.95. The molecular formula is C31H43N3O9. The molecule has 0 saturated carbocycles. The van der Waals surface area contributed by atoms with Crippen molar-refractivity contribution in [1.29, 1.82) is 0 Å². The standard InChI is InChI=1S/C31H43N3O9/c1-8-25(36)34-26-20-12-16(2)13-24(42-7)27(37)18(4)14-19(5)29(43-31(32)40)23(41-6)11-9-10-17(3)30(39)33-21(28(20)38)15-22(26)35/h9-11,14-16,18,23-24,27,29,37H,8,12-13H2,1-7H3,(H2,32,40)(H,33,39)(H,34,36)/b11-9-,17-10+,19-14+. The molecule has 2 aliphatic rings. The molecular weight excluding hydrogens is 558 g/mol. The first kappa shape index (κ1) is 35.3. The van der Waals surface area contributed by atoms with Crippen LogP contribution in [0.1, 0.15) is 53.9 Å². The van der Waals surface area contributed by atoms with Crippen molar-refractivity contribution in [3.63, 3.8) is 0 Å². The Kier molecular flexibility index (Phi) is 13.2. The number of Topliss-reactive ketones (excluding diaryl/α,β-unsaturated/α-hetero) is 1. The third kappa shape index (κ3) is 9.57. The number of carbonyl (C=O) groups is 5. The minimum atomic E-state index is -1.02. The number of hydrogen-bond donors (Lipinski definition) is 4. The number of fused-ring (bicyclic) bond motifs is 2. The second kappa shape index (κ2) is 16.1. The van der Waals surface area contributed by atoms with Crippen molar-refractivity contribution in [3.05, 3.63) is 58.5 Å². The molecule has 0 saturated heterocycles. The molecule has 1 aliphatic heterocycles. The van der Waals surface area contributed by atoms with Crippen LogP contribution in [0.15, 0.2) is 58.5 Å². The van der Waals surface area contributed by atoms with Gasteiger partial charge in [-0.2, -0.15) is 0 Å². The highest BCUT2D eigenvalue weighted by molar-refractivity contribution is 6.24. The molecule has 6 atom stereocenters. The third-order valence-corrected chi connectivity index (χ3v) is 7.38. The Labute approximate surface area is 252 Å². The molecule has 0 spiro atoms. The smallest absolute Gasteiger partial charge is 0.405 e. The van der Waals surface area contributed by atoms with Crippen LogP contribution in [0.3, 0.4) is 0 Å². The Morgan fingerprint density at radius 3 is 2.40 bits per heavy atom. The third-order valence-electron chi connectivity index (χ3n) is 7.38. The first-order valence-electron chi connectivity index (χ1n) is 14.1. The molecule has 0 fully saturated rings. The Morgan fingerprint density at radius 2 is 1.81 bits per heavy atom. The summed E-state index contributed by atoms with van der Waals surface area (Å²) in [6, 6.07) is 0. The Balaban J connectivity index is 2.64. The fraction of sp³-hybridized carbons (Fsp3) is 0.516. The van der Waals surface area contributed by atoms with Crippen molar-refractivity contribution in [2.45, 2.75) is 78.3 Å². The number of allylic oxidation sites excluding steroid dienone is 4. The summed E-state index contributed by atoms with van der Waals surface area (Å²) >= 11 is 0. The Morgan fingerprint density at radius 1 is 1.14 bits per heavy atom. The normalized spacial score (nSPS) is 31.2. The van der Waals surface area contributed by atoms with Crippen molar-refractivity contribution >= 4 is 29.5 Å². The number of rotatable bonds is 5. The van der Waals surface area contributed by atoms with E-state index in [2.05, 4.69) is 10.6 Å². The Hall–Kier alpha value is -3.87. The highest BCUT2D eigenvalue weighted by Gasteiger charge is 2.34.